The molecular weight excluding hydrogens is 314 g/mol. The Labute approximate surface area is 138 Å². The molecule has 1 aromatic carbocycles. The van der Waals surface area contributed by atoms with E-state index in [1.807, 2.05) is 0 Å². The van der Waals surface area contributed by atoms with Gasteiger partial charge in [-0.15, -0.1) is 0 Å². The van der Waals surface area contributed by atoms with Crippen LogP contribution in [0.4, 0.5) is 5.69 Å². The van der Waals surface area contributed by atoms with E-state index < -0.39 is 18.0 Å². The number of benzene rings is 1. The number of carbonyl (C=O) groups is 4. The number of nitrogens with one attached hydrogen (secondary N) is 2. The van der Waals surface area contributed by atoms with Crippen LogP contribution in [0.3, 0.4) is 0 Å². The van der Waals surface area contributed by atoms with Crippen LogP contribution in [0, 0.1) is 0 Å². The molecule has 24 heavy (non-hydrogen) atoms. The zero-order chi connectivity index (χ0) is 17.7. The summed E-state index contributed by atoms with van der Waals surface area (Å²) in [5.74, 6) is -1.69. The van der Waals surface area contributed by atoms with E-state index in [1.54, 1.807) is 18.2 Å². The molecule has 1 aromatic rings. The lowest BCUT2D eigenvalue weighted by atomic mass is 10.1. The first-order valence-electron chi connectivity index (χ1n) is 7.35. The maximum atomic E-state index is 12.1. The van der Waals surface area contributed by atoms with Crippen molar-refractivity contribution in [2.24, 2.45) is 5.10 Å². The van der Waals surface area contributed by atoms with Gasteiger partial charge in [-0.25, -0.2) is 10.2 Å². The van der Waals surface area contributed by atoms with Gasteiger partial charge in [0.05, 0.1) is 0 Å². The van der Waals surface area contributed by atoms with Crippen LogP contribution in [0.2, 0.25) is 0 Å². The summed E-state index contributed by atoms with van der Waals surface area (Å²) < 4.78 is 5.04. The Kier molecular flexibility index (Phi) is 5.41. The number of hydrogen-bond acceptors (Lipinski definition) is 6. The molecule has 2 amide bonds. The molecule has 8 nitrogen and oxygen atoms in total. The van der Waals surface area contributed by atoms with E-state index in [4.69, 9.17) is 4.74 Å². The van der Waals surface area contributed by atoms with Crippen LogP contribution in [0.15, 0.2) is 29.4 Å². The second-order valence-corrected chi connectivity index (χ2v) is 5.27. The van der Waals surface area contributed by atoms with Crippen LogP contribution in [0.25, 0.3) is 0 Å². The Morgan fingerprint density at radius 3 is 2.67 bits per heavy atom. The van der Waals surface area contributed by atoms with Crippen LogP contribution in [0.1, 0.15) is 37.0 Å². The Balaban J connectivity index is 1.95. The van der Waals surface area contributed by atoms with Gasteiger partial charge >= 0.3 is 5.97 Å². The molecule has 0 spiro atoms. The SMILES string of the molecule is CC(=O)c1cccc(NC(=O)C(C)OC(=O)C2=NNC(=O)CC2)c1. The van der Waals surface area contributed by atoms with Crippen LogP contribution in [-0.2, 0) is 19.1 Å². The number of esters is 1. The molecule has 8 heteroatoms. The maximum absolute atomic E-state index is 12.1. The average Bonchev–Trinajstić information content (AvgIpc) is 2.55. The lowest BCUT2D eigenvalue weighted by Gasteiger charge is -2.16. The fraction of sp³-hybridized carbons (Fsp3) is 0.312. The standard InChI is InChI=1S/C16H17N3O5/c1-9(20)11-4-3-5-12(8-11)17-15(22)10(2)24-16(23)13-6-7-14(21)19-18-13/h3-5,8,10H,6-7H2,1-2H3,(H,17,22)(H,19,21). The third-order valence-corrected chi connectivity index (χ3v) is 3.33. The molecule has 1 heterocycles. The Hall–Kier alpha value is -3.03. The largest absolute Gasteiger partial charge is 0.448 e. The Morgan fingerprint density at radius 1 is 1.29 bits per heavy atom. The van der Waals surface area contributed by atoms with Crippen molar-refractivity contribution in [3.63, 3.8) is 0 Å². The van der Waals surface area contributed by atoms with E-state index >= 15 is 0 Å². The third kappa shape index (κ3) is 4.48. The number of nitrogens with zero attached hydrogens (tertiary/aromatic N) is 1. The quantitative estimate of drug-likeness (QED) is 0.618. The van der Waals surface area contributed by atoms with Crippen molar-refractivity contribution in [3.05, 3.63) is 29.8 Å². The van der Waals surface area contributed by atoms with Crippen molar-refractivity contribution in [2.45, 2.75) is 32.8 Å². The predicted octanol–water partition coefficient (Wildman–Crippen LogP) is 1.03. The number of anilines is 1. The fourth-order valence-electron chi connectivity index (χ4n) is 1.96. The molecule has 0 aliphatic carbocycles. The first-order chi connectivity index (χ1) is 11.4. The number of ketones is 1. The second-order valence-electron chi connectivity index (χ2n) is 5.27. The zero-order valence-corrected chi connectivity index (χ0v) is 13.3. The van der Waals surface area contributed by atoms with Crippen LogP contribution in [-0.4, -0.2) is 35.4 Å². The molecule has 1 atom stereocenters. The molecule has 2 rings (SSSR count). The van der Waals surface area contributed by atoms with Crippen molar-refractivity contribution in [3.8, 4) is 0 Å². The van der Waals surface area contributed by atoms with Crippen molar-refractivity contribution >= 4 is 35.0 Å². The summed E-state index contributed by atoms with van der Waals surface area (Å²) in [6.07, 6.45) is -0.745. The minimum atomic E-state index is -1.06. The van der Waals surface area contributed by atoms with Crippen LogP contribution >= 0.6 is 0 Å². The van der Waals surface area contributed by atoms with E-state index in [9.17, 15) is 19.2 Å². The first-order valence-corrected chi connectivity index (χ1v) is 7.35. The molecular formula is C16H17N3O5. The van der Waals surface area contributed by atoms with Gasteiger partial charge in [-0.3, -0.25) is 14.4 Å². The van der Waals surface area contributed by atoms with Crippen LogP contribution in [0.5, 0.6) is 0 Å². The number of Topliss-reactive ketones (excluding diaryl/α,β-unsaturated/α-hetero) is 1. The lowest BCUT2D eigenvalue weighted by Crippen LogP contribution is -2.35. The number of hydrazone groups is 1. The molecule has 0 fully saturated rings. The van der Waals surface area contributed by atoms with Gasteiger partial charge < -0.3 is 10.1 Å². The predicted molar refractivity (Wildman–Crippen MR) is 85.4 cm³/mol. The average molecular weight is 331 g/mol. The number of rotatable bonds is 5. The van der Waals surface area contributed by atoms with Gasteiger partial charge in [0.1, 0.15) is 5.71 Å². The van der Waals surface area contributed by atoms with E-state index in [0.717, 1.165) is 0 Å². The molecule has 1 unspecified atom stereocenters. The van der Waals surface area contributed by atoms with E-state index in [2.05, 4.69) is 15.8 Å². The number of amides is 2. The normalized spacial score (nSPS) is 14.9. The molecule has 1 aliphatic heterocycles. The highest BCUT2D eigenvalue weighted by Gasteiger charge is 2.24. The van der Waals surface area contributed by atoms with Crippen molar-refractivity contribution in [1.82, 2.24) is 5.43 Å². The number of ether oxygens (including phenoxy) is 1. The van der Waals surface area contributed by atoms with Gasteiger partial charge in [0, 0.05) is 24.1 Å². The molecule has 0 saturated heterocycles. The van der Waals surface area contributed by atoms with Gasteiger partial charge in [0.15, 0.2) is 11.9 Å². The monoisotopic (exact) mass is 331 g/mol. The maximum Gasteiger partial charge on any atom is 0.355 e. The highest BCUT2D eigenvalue weighted by molar-refractivity contribution is 6.37. The molecule has 1 aliphatic rings. The topological polar surface area (TPSA) is 114 Å². The lowest BCUT2D eigenvalue weighted by molar-refractivity contribution is -0.146. The molecule has 126 valence electrons. The third-order valence-electron chi connectivity index (χ3n) is 3.33. The van der Waals surface area contributed by atoms with Crippen molar-refractivity contribution < 1.29 is 23.9 Å². The number of carbonyl (C=O) groups excluding carboxylic acids is 4. The summed E-state index contributed by atoms with van der Waals surface area (Å²) >= 11 is 0. The summed E-state index contributed by atoms with van der Waals surface area (Å²) in [4.78, 5) is 46.3. The Bertz CT molecular complexity index is 726. The summed E-state index contributed by atoms with van der Waals surface area (Å²) in [5.41, 5.74) is 3.14. The van der Waals surface area contributed by atoms with Gasteiger partial charge in [-0.05, 0) is 26.0 Å². The molecule has 0 saturated carbocycles. The molecule has 0 aromatic heterocycles. The molecule has 0 radical (unpaired) electrons. The van der Waals surface area contributed by atoms with Crippen LogP contribution < -0.4 is 10.7 Å². The summed E-state index contributed by atoms with van der Waals surface area (Å²) in [6.45, 7) is 2.85. The Morgan fingerprint density at radius 2 is 2.04 bits per heavy atom. The minimum Gasteiger partial charge on any atom is -0.448 e. The zero-order valence-electron chi connectivity index (χ0n) is 13.3. The number of hydrogen-bond donors (Lipinski definition) is 2. The molecule has 0 bridgehead atoms. The van der Waals surface area contributed by atoms with Gasteiger partial charge in [-0.2, -0.15) is 5.10 Å². The fourth-order valence-corrected chi connectivity index (χ4v) is 1.96. The van der Waals surface area contributed by atoms with Gasteiger partial charge in [0.2, 0.25) is 5.91 Å². The smallest absolute Gasteiger partial charge is 0.355 e. The second kappa shape index (κ2) is 7.49. The highest BCUT2D eigenvalue weighted by atomic mass is 16.5. The van der Waals surface area contributed by atoms with E-state index in [1.165, 1.54) is 19.9 Å². The summed E-state index contributed by atoms with van der Waals surface area (Å²) in [7, 11) is 0. The summed E-state index contributed by atoms with van der Waals surface area (Å²) in [6, 6.07) is 6.44. The van der Waals surface area contributed by atoms with E-state index in [0.29, 0.717) is 11.3 Å². The van der Waals surface area contributed by atoms with Crippen molar-refractivity contribution in [1.29, 1.82) is 0 Å². The van der Waals surface area contributed by atoms with E-state index in [-0.39, 0.29) is 30.2 Å². The van der Waals surface area contributed by atoms with Crippen molar-refractivity contribution in [2.75, 3.05) is 5.32 Å². The van der Waals surface area contributed by atoms with Gasteiger partial charge in [-0.1, -0.05) is 12.1 Å². The molecule has 2 N–H and O–H groups in total. The minimum absolute atomic E-state index is 0.0628. The van der Waals surface area contributed by atoms with Gasteiger partial charge in [0.25, 0.3) is 5.91 Å². The summed E-state index contributed by atoms with van der Waals surface area (Å²) in [5, 5.41) is 6.19. The highest BCUT2D eigenvalue weighted by Crippen LogP contribution is 2.12. The first kappa shape index (κ1) is 17.3.